The number of allylic oxidation sites excluding steroid dienone is 1. The largest absolute Gasteiger partial charge is 0.434 e. The Balaban J connectivity index is 1.26. The highest BCUT2D eigenvalue weighted by molar-refractivity contribution is 7.98. The molecule has 3 aromatic heterocycles. The fourth-order valence-electron chi connectivity index (χ4n) is 5.50. The van der Waals surface area contributed by atoms with E-state index < -0.39 is 12.5 Å². The molecule has 238 valence electrons. The second kappa shape index (κ2) is 13.4. The molecule has 2 aliphatic heterocycles. The topological polar surface area (TPSA) is 154 Å². The van der Waals surface area contributed by atoms with E-state index in [1.165, 1.54) is 33.2 Å². The molecule has 4 aromatic rings. The zero-order valence-corrected chi connectivity index (χ0v) is 25.4. The number of aromatic nitrogens is 5. The van der Waals surface area contributed by atoms with Gasteiger partial charge in [0.15, 0.2) is 5.65 Å². The van der Waals surface area contributed by atoms with Gasteiger partial charge in [0, 0.05) is 60.1 Å². The van der Waals surface area contributed by atoms with Gasteiger partial charge in [-0.05, 0) is 43.4 Å². The Morgan fingerprint density at radius 3 is 2.82 bits per heavy atom. The number of anilines is 1. The van der Waals surface area contributed by atoms with E-state index in [2.05, 4.69) is 25.4 Å². The molecule has 5 N–H and O–H groups in total. The van der Waals surface area contributed by atoms with Crippen LogP contribution in [0.25, 0.3) is 16.9 Å². The summed E-state index contributed by atoms with van der Waals surface area (Å²) in [6, 6.07) is 7.13. The maximum Gasteiger partial charge on any atom is 0.387 e. The number of ether oxygens (including phenoxy) is 2. The number of nitrogens with zero attached hydrogens (tertiary/aromatic N) is 7. The molecule has 0 aliphatic carbocycles. The van der Waals surface area contributed by atoms with Crippen LogP contribution in [0.2, 0.25) is 0 Å². The van der Waals surface area contributed by atoms with E-state index in [-0.39, 0.29) is 40.8 Å². The van der Waals surface area contributed by atoms with Gasteiger partial charge in [0.25, 0.3) is 5.91 Å². The van der Waals surface area contributed by atoms with Crippen LogP contribution in [0.4, 0.5) is 14.5 Å². The number of carbonyl (C=O) groups excluding carboxylic acids is 1. The van der Waals surface area contributed by atoms with Crippen molar-refractivity contribution in [3.8, 4) is 17.0 Å². The number of hydrazine groups is 1. The normalized spacial score (nSPS) is 16.7. The summed E-state index contributed by atoms with van der Waals surface area (Å²) in [6.07, 6.45) is 11.6. The van der Waals surface area contributed by atoms with Gasteiger partial charge in [-0.15, -0.1) is 11.8 Å². The molecule has 2 fully saturated rings. The molecular formula is C29H34F2N10O3S. The third-order valence-corrected chi connectivity index (χ3v) is 8.63. The smallest absolute Gasteiger partial charge is 0.387 e. The fourth-order valence-corrected chi connectivity index (χ4v) is 5.94. The predicted octanol–water partition coefficient (Wildman–Crippen LogP) is 3.01. The number of nitrogens with one attached hydrogen (secondary N) is 1. The number of piperidine rings is 1. The molecule has 0 radical (unpaired) electrons. The number of amides is 1. The van der Waals surface area contributed by atoms with Crippen molar-refractivity contribution in [1.82, 2.24) is 34.3 Å². The molecular weight excluding hydrogens is 606 g/mol. The van der Waals surface area contributed by atoms with Gasteiger partial charge in [-0.25, -0.2) is 15.3 Å². The van der Waals surface area contributed by atoms with Gasteiger partial charge in [0.05, 0.1) is 37.7 Å². The van der Waals surface area contributed by atoms with Crippen molar-refractivity contribution < 1.29 is 23.0 Å². The first-order valence-corrected chi connectivity index (χ1v) is 15.6. The van der Waals surface area contributed by atoms with E-state index in [1.54, 1.807) is 48.0 Å². The molecule has 1 amide bonds. The van der Waals surface area contributed by atoms with Crippen molar-refractivity contribution >= 4 is 29.0 Å². The summed E-state index contributed by atoms with van der Waals surface area (Å²) in [5.41, 5.74) is 8.19. The lowest BCUT2D eigenvalue weighted by Gasteiger charge is -2.42. The van der Waals surface area contributed by atoms with Crippen LogP contribution in [0.15, 0.2) is 65.8 Å². The summed E-state index contributed by atoms with van der Waals surface area (Å²) in [7, 11) is 0. The molecule has 0 saturated carbocycles. The quantitative estimate of drug-likeness (QED) is 0.126. The Morgan fingerprint density at radius 2 is 2.11 bits per heavy atom. The first-order valence-electron chi connectivity index (χ1n) is 14.4. The molecule has 6 rings (SSSR count). The summed E-state index contributed by atoms with van der Waals surface area (Å²) < 4.78 is 39.9. The minimum absolute atomic E-state index is 0.0855. The molecule has 5 heterocycles. The second-order valence-corrected chi connectivity index (χ2v) is 11.7. The van der Waals surface area contributed by atoms with E-state index >= 15 is 0 Å². The van der Waals surface area contributed by atoms with E-state index in [0.717, 1.165) is 44.0 Å². The Kier molecular flexibility index (Phi) is 9.16. The summed E-state index contributed by atoms with van der Waals surface area (Å²) in [6.45, 7) is 0.507. The van der Waals surface area contributed by atoms with Gasteiger partial charge in [0.1, 0.15) is 17.0 Å². The summed E-state index contributed by atoms with van der Waals surface area (Å²) in [4.78, 5) is 20.9. The minimum atomic E-state index is -3.06. The maximum atomic E-state index is 13.4. The number of rotatable bonds is 11. The van der Waals surface area contributed by atoms with Crippen LogP contribution in [0.3, 0.4) is 0 Å². The Hall–Kier alpha value is -4.25. The van der Waals surface area contributed by atoms with Gasteiger partial charge in [-0.3, -0.25) is 14.4 Å². The number of alkyl halides is 2. The first kappa shape index (κ1) is 30.8. The number of benzene rings is 1. The number of nitrogens with two attached hydrogens (primary N) is 2. The molecule has 16 heteroatoms. The number of halogens is 2. The number of hydrogen-bond acceptors (Lipinski definition) is 11. The van der Waals surface area contributed by atoms with Gasteiger partial charge >= 0.3 is 6.61 Å². The van der Waals surface area contributed by atoms with Crippen molar-refractivity contribution in [2.24, 2.45) is 11.6 Å². The lowest BCUT2D eigenvalue weighted by Crippen LogP contribution is -2.54. The summed E-state index contributed by atoms with van der Waals surface area (Å²) in [5, 5.41) is 13.3. The van der Waals surface area contributed by atoms with E-state index in [0.29, 0.717) is 17.4 Å². The fraction of sp³-hybridized carbons (Fsp3) is 0.379. The van der Waals surface area contributed by atoms with Crippen molar-refractivity contribution in [1.29, 1.82) is 0 Å². The monoisotopic (exact) mass is 640 g/mol. The molecule has 1 aromatic carbocycles. The zero-order chi connectivity index (χ0) is 31.5. The van der Waals surface area contributed by atoms with Crippen LogP contribution in [0.1, 0.15) is 23.2 Å². The minimum Gasteiger partial charge on any atom is -0.434 e. The summed E-state index contributed by atoms with van der Waals surface area (Å²) >= 11 is 1.43. The predicted molar refractivity (Wildman–Crippen MR) is 165 cm³/mol. The molecule has 0 unspecified atom stereocenters. The number of likely N-dealkylation sites (tertiary alicyclic amines) is 1. The SMILES string of the molecule is CSc1ccc(OC(F)F)c(-c2nn(C/C(N)=C/N(N)C3CCN(C4COC4)CC3)cc2NC(=O)c2cnn3cccnc23)c1. The molecule has 45 heavy (non-hydrogen) atoms. The second-order valence-electron chi connectivity index (χ2n) is 10.8. The number of hydrogen-bond donors (Lipinski definition) is 3. The lowest BCUT2D eigenvalue weighted by molar-refractivity contribution is -0.0748. The Bertz CT molecular complexity index is 1680. The van der Waals surface area contributed by atoms with Crippen molar-refractivity contribution in [2.75, 3.05) is 37.9 Å². The number of fused-ring (bicyclic) bond motifs is 1. The molecule has 13 nitrogen and oxygen atoms in total. The molecule has 0 bridgehead atoms. The van der Waals surface area contributed by atoms with E-state index in [9.17, 15) is 13.6 Å². The van der Waals surface area contributed by atoms with Crippen LogP contribution in [-0.4, -0.2) is 91.4 Å². The third-order valence-electron chi connectivity index (χ3n) is 7.91. The van der Waals surface area contributed by atoms with Gasteiger partial charge in [0.2, 0.25) is 0 Å². The first-order chi connectivity index (χ1) is 21.8. The molecule has 0 atom stereocenters. The van der Waals surface area contributed by atoms with E-state index in [1.807, 2.05) is 6.26 Å². The van der Waals surface area contributed by atoms with Gasteiger partial charge in [-0.1, -0.05) is 0 Å². The summed E-state index contributed by atoms with van der Waals surface area (Å²) in [5.74, 6) is 5.82. The maximum absolute atomic E-state index is 13.4. The van der Waals surface area contributed by atoms with E-state index in [4.69, 9.17) is 21.1 Å². The average molecular weight is 641 g/mol. The van der Waals surface area contributed by atoms with Crippen LogP contribution < -0.4 is 21.6 Å². The van der Waals surface area contributed by atoms with Crippen LogP contribution >= 0.6 is 11.8 Å². The Labute approximate surface area is 262 Å². The number of thioether (sulfide) groups is 1. The van der Waals surface area contributed by atoms with Crippen molar-refractivity contribution in [2.45, 2.75) is 43.0 Å². The van der Waals surface area contributed by atoms with Crippen molar-refractivity contribution in [3.05, 3.63) is 66.5 Å². The Morgan fingerprint density at radius 1 is 1.31 bits per heavy atom. The molecule has 2 aliphatic rings. The van der Waals surface area contributed by atoms with Crippen molar-refractivity contribution in [3.63, 3.8) is 0 Å². The standard InChI is InChI=1S/C29H34F2N10O3S/c1-45-21-3-4-25(44-29(30)31)22(11-21)26-24(36-28(42)23-12-35-41-8-2-7-34-27(23)41)15-39(37-26)13-18(32)14-40(33)19-5-9-38(10-6-19)20-16-43-17-20/h2-4,7-8,11-12,14-15,19-20,29H,5-6,9-10,13,16-17,32-33H2,1H3,(H,36,42)/b18-14-. The highest BCUT2D eigenvalue weighted by atomic mass is 32.2. The third kappa shape index (κ3) is 6.88. The highest BCUT2D eigenvalue weighted by Gasteiger charge is 2.30. The van der Waals surface area contributed by atoms with Gasteiger partial charge < -0.3 is 25.5 Å². The molecule has 0 spiro atoms. The average Bonchev–Trinajstić information content (AvgIpc) is 3.60. The van der Waals surface area contributed by atoms with Crippen LogP contribution in [0.5, 0.6) is 5.75 Å². The van der Waals surface area contributed by atoms with Crippen LogP contribution in [0, 0.1) is 0 Å². The number of carbonyl (C=O) groups is 1. The lowest BCUT2D eigenvalue weighted by atomic mass is 10.0. The zero-order valence-electron chi connectivity index (χ0n) is 24.6. The highest BCUT2D eigenvalue weighted by Crippen LogP contribution is 2.38. The van der Waals surface area contributed by atoms with Crippen LogP contribution in [-0.2, 0) is 11.3 Å². The van der Waals surface area contributed by atoms with Gasteiger partial charge in [-0.2, -0.15) is 19.0 Å². The molecule has 2 saturated heterocycles.